The van der Waals surface area contributed by atoms with Crippen molar-refractivity contribution >= 4 is 47.2 Å². The molecule has 3 aromatic rings. The normalized spacial score (nSPS) is 16.0. The number of anilines is 1. The molecule has 8 heteroatoms. The third kappa shape index (κ3) is 6.62. The van der Waals surface area contributed by atoms with E-state index in [2.05, 4.69) is 62.3 Å². The summed E-state index contributed by atoms with van der Waals surface area (Å²) in [5.74, 6) is 1.78. The van der Waals surface area contributed by atoms with Gasteiger partial charge < -0.3 is 20.1 Å². The number of benzene rings is 2. The summed E-state index contributed by atoms with van der Waals surface area (Å²) in [5, 5.41) is 7.73. The average Bonchev–Trinajstić information content (AvgIpc) is 3.42. The zero-order valence-corrected chi connectivity index (χ0v) is 21.3. The molecule has 1 aromatic heterocycles. The van der Waals surface area contributed by atoms with Gasteiger partial charge in [0.05, 0.1) is 0 Å². The second-order valence-electron chi connectivity index (χ2n) is 7.71. The molecule has 1 atom stereocenters. The van der Waals surface area contributed by atoms with Crippen molar-refractivity contribution in [3.05, 3.63) is 83.4 Å². The molecule has 2 aromatic carbocycles. The Morgan fingerprint density at radius 2 is 2.03 bits per heavy atom. The molecule has 1 fully saturated rings. The van der Waals surface area contributed by atoms with Crippen LogP contribution in [-0.2, 0) is 13.1 Å². The van der Waals surface area contributed by atoms with Crippen LogP contribution < -0.4 is 15.5 Å². The van der Waals surface area contributed by atoms with Gasteiger partial charge in [-0.3, -0.25) is 0 Å². The van der Waals surface area contributed by atoms with Crippen LogP contribution in [0, 0.1) is 0 Å². The maximum atomic E-state index is 6.16. The standard InChI is InChI=1S/C24H29ClN6.HI/c1-2-26-24(29-21-11-13-30(18-21)22-10-6-9-20(25)15-22)28-16-23-27-12-14-31(23)17-19-7-4-3-5-8-19;/h3-10,12,14-15,21H,2,11,13,16-18H2,1H3,(H2,26,28,29);1H. The molecule has 170 valence electrons. The van der Waals surface area contributed by atoms with E-state index in [0.717, 1.165) is 49.4 Å². The Morgan fingerprint density at radius 3 is 2.81 bits per heavy atom. The second kappa shape index (κ2) is 12.1. The Hall–Kier alpha value is -2.26. The average molecular weight is 565 g/mol. The molecule has 0 amide bonds. The number of imidazole rings is 1. The molecular weight excluding hydrogens is 535 g/mol. The van der Waals surface area contributed by atoms with E-state index in [9.17, 15) is 0 Å². The lowest BCUT2D eigenvalue weighted by atomic mass is 10.2. The largest absolute Gasteiger partial charge is 0.369 e. The Kier molecular flexibility index (Phi) is 9.23. The first kappa shape index (κ1) is 24.4. The quantitative estimate of drug-likeness (QED) is 0.251. The molecule has 1 aliphatic heterocycles. The number of rotatable bonds is 7. The third-order valence-corrected chi connectivity index (χ3v) is 5.66. The van der Waals surface area contributed by atoms with E-state index in [4.69, 9.17) is 16.6 Å². The molecule has 2 N–H and O–H groups in total. The van der Waals surface area contributed by atoms with E-state index < -0.39 is 0 Å². The highest BCUT2D eigenvalue weighted by Gasteiger charge is 2.23. The molecule has 1 aliphatic rings. The van der Waals surface area contributed by atoms with Crippen LogP contribution in [-0.4, -0.2) is 41.2 Å². The van der Waals surface area contributed by atoms with Crippen molar-refractivity contribution in [3.63, 3.8) is 0 Å². The van der Waals surface area contributed by atoms with Gasteiger partial charge in [-0.15, -0.1) is 24.0 Å². The molecular formula is C24H30ClIN6. The Balaban J connectivity index is 0.00000289. The van der Waals surface area contributed by atoms with Crippen molar-refractivity contribution in [1.29, 1.82) is 0 Å². The van der Waals surface area contributed by atoms with Crippen LogP contribution in [0.5, 0.6) is 0 Å². The molecule has 2 heterocycles. The number of aliphatic imine (C=N–C) groups is 1. The van der Waals surface area contributed by atoms with Gasteiger partial charge in [0, 0.05) is 55.3 Å². The van der Waals surface area contributed by atoms with Crippen molar-refractivity contribution in [2.75, 3.05) is 24.5 Å². The molecule has 0 radical (unpaired) electrons. The monoisotopic (exact) mass is 564 g/mol. The first-order valence-electron chi connectivity index (χ1n) is 10.8. The summed E-state index contributed by atoms with van der Waals surface area (Å²) in [5.41, 5.74) is 2.42. The van der Waals surface area contributed by atoms with Crippen LogP contribution in [0.4, 0.5) is 5.69 Å². The number of nitrogens with zero attached hydrogens (tertiary/aromatic N) is 4. The fourth-order valence-electron chi connectivity index (χ4n) is 3.86. The highest BCUT2D eigenvalue weighted by Crippen LogP contribution is 2.23. The first-order valence-corrected chi connectivity index (χ1v) is 11.2. The number of hydrogen-bond donors (Lipinski definition) is 2. The number of nitrogens with one attached hydrogen (secondary N) is 2. The maximum absolute atomic E-state index is 6.16. The van der Waals surface area contributed by atoms with E-state index in [1.165, 1.54) is 11.3 Å². The van der Waals surface area contributed by atoms with Gasteiger partial charge in [0.1, 0.15) is 12.4 Å². The van der Waals surface area contributed by atoms with Crippen molar-refractivity contribution in [2.24, 2.45) is 4.99 Å². The smallest absolute Gasteiger partial charge is 0.191 e. The highest BCUT2D eigenvalue weighted by molar-refractivity contribution is 14.0. The summed E-state index contributed by atoms with van der Waals surface area (Å²) in [6, 6.07) is 18.8. The summed E-state index contributed by atoms with van der Waals surface area (Å²) < 4.78 is 2.15. The molecule has 6 nitrogen and oxygen atoms in total. The summed E-state index contributed by atoms with van der Waals surface area (Å²) in [6.07, 6.45) is 4.91. The van der Waals surface area contributed by atoms with E-state index in [1.807, 2.05) is 36.7 Å². The molecule has 1 saturated heterocycles. The van der Waals surface area contributed by atoms with Crippen molar-refractivity contribution in [3.8, 4) is 0 Å². The minimum atomic E-state index is 0. The molecule has 0 saturated carbocycles. The fourth-order valence-corrected chi connectivity index (χ4v) is 4.05. The van der Waals surface area contributed by atoms with E-state index >= 15 is 0 Å². The van der Waals surface area contributed by atoms with Gasteiger partial charge in [0.15, 0.2) is 5.96 Å². The molecule has 0 spiro atoms. The van der Waals surface area contributed by atoms with Crippen molar-refractivity contribution in [2.45, 2.75) is 32.5 Å². The van der Waals surface area contributed by atoms with Gasteiger partial charge in [-0.1, -0.05) is 48.0 Å². The molecule has 1 unspecified atom stereocenters. The molecule has 0 aliphatic carbocycles. The Labute approximate surface area is 212 Å². The SMILES string of the molecule is CCNC(=NCc1nccn1Cc1ccccc1)NC1CCN(c2cccc(Cl)c2)C1.I. The van der Waals surface area contributed by atoms with Gasteiger partial charge in [-0.25, -0.2) is 9.98 Å². The number of aromatic nitrogens is 2. The van der Waals surface area contributed by atoms with Crippen LogP contribution in [0.15, 0.2) is 72.0 Å². The van der Waals surface area contributed by atoms with Gasteiger partial charge in [-0.2, -0.15) is 0 Å². The van der Waals surface area contributed by atoms with Crippen LogP contribution in [0.3, 0.4) is 0 Å². The lowest BCUT2D eigenvalue weighted by molar-refractivity contribution is 0.645. The summed E-state index contributed by atoms with van der Waals surface area (Å²) >= 11 is 6.16. The predicted molar refractivity (Wildman–Crippen MR) is 143 cm³/mol. The van der Waals surface area contributed by atoms with Crippen LogP contribution in [0.2, 0.25) is 5.02 Å². The van der Waals surface area contributed by atoms with Crippen LogP contribution >= 0.6 is 35.6 Å². The summed E-state index contributed by atoms with van der Waals surface area (Å²) in [7, 11) is 0. The second-order valence-corrected chi connectivity index (χ2v) is 8.14. The molecule has 32 heavy (non-hydrogen) atoms. The van der Waals surface area contributed by atoms with E-state index in [-0.39, 0.29) is 24.0 Å². The lowest BCUT2D eigenvalue weighted by Gasteiger charge is -2.20. The molecule has 4 rings (SSSR count). The third-order valence-electron chi connectivity index (χ3n) is 5.42. The van der Waals surface area contributed by atoms with Gasteiger partial charge in [-0.05, 0) is 37.1 Å². The lowest BCUT2D eigenvalue weighted by Crippen LogP contribution is -2.44. The van der Waals surface area contributed by atoms with Gasteiger partial charge in [0.25, 0.3) is 0 Å². The fraction of sp³-hybridized carbons (Fsp3) is 0.333. The summed E-state index contributed by atoms with van der Waals surface area (Å²) in [6.45, 7) is 6.15. The number of guanidine groups is 1. The zero-order valence-electron chi connectivity index (χ0n) is 18.2. The highest BCUT2D eigenvalue weighted by atomic mass is 127. The Morgan fingerprint density at radius 1 is 1.19 bits per heavy atom. The predicted octanol–water partition coefficient (Wildman–Crippen LogP) is 4.54. The van der Waals surface area contributed by atoms with E-state index in [1.54, 1.807) is 0 Å². The van der Waals surface area contributed by atoms with Crippen LogP contribution in [0.1, 0.15) is 24.7 Å². The number of halogens is 2. The summed E-state index contributed by atoms with van der Waals surface area (Å²) in [4.78, 5) is 11.7. The van der Waals surface area contributed by atoms with Gasteiger partial charge in [0.2, 0.25) is 0 Å². The molecule has 0 bridgehead atoms. The van der Waals surface area contributed by atoms with Crippen molar-refractivity contribution < 1.29 is 0 Å². The Bertz CT molecular complexity index is 1010. The zero-order chi connectivity index (χ0) is 21.5. The first-order chi connectivity index (χ1) is 15.2. The van der Waals surface area contributed by atoms with Crippen molar-refractivity contribution in [1.82, 2.24) is 20.2 Å². The maximum Gasteiger partial charge on any atom is 0.191 e. The van der Waals surface area contributed by atoms with Crippen LogP contribution in [0.25, 0.3) is 0 Å². The minimum absolute atomic E-state index is 0. The van der Waals surface area contributed by atoms with E-state index in [0.29, 0.717) is 12.6 Å². The van der Waals surface area contributed by atoms with Gasteiger partial charge >= 0.3 is 0 Å². The topological polar surface area (TPSA) is 57.5 Å². The number of hydrogen-bond acceptors (Lipinski definition) is 3. The minimum Gasteiger partial charge on any atom is -0.369 e.